The van der Waals surface area contributed by atoms with Gasteiger partial charge in [0.1, 0.15) is 5.82 Å². The van der Waals surface area contributed by atoms with Crippen LogP contribution in [0.2, 0.25) is 0 Å². The lowest BCUT2D eigenvalue weighted by molar-refractivity contribution is -0.154. The molecule has 15 heteroatoms. The van der Waals surface area contributed by atoms with Gasteiger partial charge >= 0.3 is 12.1 Å². The van der Waals surface area contributed by atoms with E-state index in [0.29, 0.717) is 16.8 Å². The first-order chi connectivity index (χ1) is 17.0. The summed E-state index contributed by atoms with van der Waals surface area (Å²) in [6, 6.07) is 9.01. The van der Waals surface area contributed by atoms with E-state index in [4.69, 9.17) is 16.0 Å². The van der Waals surface area contributed by atoms with Gasteiger partial charge in [0.2, 0.25) is 17.7 Å². The number of hydrogen-bond donors (Lipinski definition) is 3. The molecule has 0 spiro atoms. The molecule has 0 aliphatic rings. The first-order valence-electron chi connectivity index (χ1n) is 9.87. The fourth-order valence-electron chi connectivity index (χ4n) is 2.57. The summed E-state index contributed by atoms with van der Waals surface area (Å²) >= 11 is 0. The summed E-state index contributed by atoms with van der Waals surface area (Å²) in [4.78, 5) is 27.3. The maximum absolute atomic E-state index is 12.2. The van der Waals surface area contributed by atoms with Crippen molar-refractivity contribution in [2.45, 2.75) is 6.18 Å². The van der Waals surface area contributed by atoms with Gasteiger partial charge in [-0.3, -0.25) is 0 Å². The third-order valence-corrected chi connectivity index (χ3v) is 4.08. The molecule has 12 nitrogen and oxygen atoms in total. The average molecular weight is 504 g/mol. The van der Waals surface area contributed by atoms with Crippen molar-refractivity contribution in [3.63, 3.8) is 0 Å². The number of anilines is 1. The fraction of sp³-hybridized carbons (Fsp3) is 0.143. The van der Waals surface area contributed by atoms with Crippen LogP contribution in [0.25, 0.3) is 11.5 Å². The minimum atomic E-state index is -4.48. The monoisotopic (exact) mass is 504 g/mol. The first-order valence-corrected chi connectivity index (χ1v) is 9.87. The standard InChI is InChI=1S/C21H19F3N8O4/c1-11(28-14-5-3-4-12(8-14)19(33)34-2)29-20(26)30-16(25)17-31-18(36-32-17)13-6-7-15(27-9-13)35-10-21(22,23)24/h3-9,28H,1,10H2,2H3,(H4,25,26,29,30). The summed E-state index contributed by atoms with van der Waals surface area (Å²) in [5.41, 5.74) is 12.7. The molecule has 2 aromatic heterocycles. The molecule has 2 heterocycles. The lowest BCUT2D eigenvalue weighted by Crippen LogP contribution is -2.21. The van der Waals surface area contributed by atoms with Gasteiger partial charge < -0.3 is 30.8 Å². The number of halogens is 3. The van der Waals surface area contributed by atoms with Crippen molar-refractivity contribution in [1.82, 2.24) is 15.1 Å². The third-order valence-electron chi connectivity index (χ3n) is 4.08. The molecule has 0 aliphatic heterocycles. The number of nitrogens with two attached hydrogens (primary N) is 2. The predicted octanol–water partition coefficient (Wildman–Crippen LogP) is 2.46. The van der Waals surface area contributed by atoms with Crippen LogP contribution in [0.15, 0.2) is 69.5 Å². The molecule has 0 aliphatic carbocycles. The molecular weight excluding hydrogens is 485 g/mol. The number of pyridine rings is 1. The molecule has 36 heavy (non-hydrogen) atoms. The van der Waals surface area contributed by atoms with Gasteiger partial charge in [0.25, 0.3) is 5.89 Å². The lowest BCUT2D eigenvalue weighted by Gasteiger charge is -2.07. The number of amidine groups is 1. The van der Waals surface area contributed by atoms with Crippen LogP contribution in [0.1, 0.15) is 16.2 Å². The van der Waals surface area contributed by atoms with E-state index in [0.717, 1.165) is 0 Å². The molecule has 0 saturated carbocycles. The topological polar surface area (TPSA) is 176 Å². The van der Waals surface area contributed by atoms with Gasteiger partial charge in [0.05, 0.1) is 18.2 Å². The number of nitrogens with zero attached hydrogens (tertiary/aromatic N) is 5. The highest BCUT2D eigenvalue weighted by Crippen LogP contribution is 2.21. The molecule has 0 unspecified atom stereocenters. The van der Waals surface area contributed by atoms with E-state index in [1.165, 1.54) is 31.5 Å². The second kappa shape index (κ2) is 11.0. The Morgan fingerprint density at radius 2 is 2.00 bits per heavy atom. The molecule has 1 aromatic carbocycles. The molecule has 0 fully saturated rings. The fourth-order valence-corrected chi connectivity index (χ4v) is 2.57. The minimum absolute atomic E-state index is 0.0231. The van der Waals surface area contributed by atoms with E-state index in [1.807, 2.05) is 0 Å². The van der Waals surface area contributed by atoms with Crippen LogP contribution in [0.5, 0.6) is 5.88 Å². The van der Waals surface area contributed by atoms with E-state index >= 15 is 0 Å². The average Bonchev–Trinajstić information content (AvgIpc) is 3.32. The van der Waals surface area contributed by atoms with Gasteiger partial charge in [0, 0.05) is 18.0 Å². The minimum Gasteiger partial charge on any atom is -0.468 e. The summed E-state index contributed by atoms with van der Waals surface area (Å²) in [7, 11) is 1.27. The van der Waals surface area contributed by atoms with Crippen molar-refractivity contribution in [2.24, 2.45) is 21.5 Å². The Morgan fingerprint density at radius 3 is 2.67 bits per heavy atom. The number of rotatable bonds is 8. The van der Waals surface area contributed by atoms with Gasteiger partial charge in [-0.2, -0.15) is 28.1 Å². The van der Waals surface area contributed by atoms with Crippen molar-refractivity contribution in [1.29, 1.82) is 0 Å². The lowest BCUT2D eigenvalue weighted by atomic mass is 10.2. The van der Waals surface area contributed by atoms with E-state index in [2.05, 4.69) is 46.5 Å². The van der Waals surface area contributed by atoms with Crippen LogP contribution in [0.3, 0.4) is 0 Å². The normalized spacial score (nSPS) is 12.2. The Balaban J connectivity index is 1.65. The largest absolute Gasteiger partial charge is 0.468 e. The molecule has 0 bridgehead atoms. The highest BCUT2D eigenvalue weighted by molar-refractivity contribution is 6.02. The van der Waals surface area contributed by atoms with Crippen LogP contribution in [-0.4, -0.2) is 52.8 Å². The zero-order valence-corrected chi connectivity index (χ0v) is 18.6. The van der Waals surface area contributed by atoms with Gasteiger partial charge in [-0.15, -0.1) is 0 Å². The Kier molecular flexibility index (Phi) is 7.83. The molecule has 0 amide bonds. The number of carbonyl (C=O) groups is 1. The molecular formula is C21H19F3N8O4. The zero-order valence-electron chi connectivity index (χ0n) is 18.6. The SMILES string of the molecule is C=C(N=C(N)N=C(N)c1noc(-c2ccc(OCC(F)(F)F)nc2)n1)Nc1cccc(C(=O)OC)c1. The van der Waals surface area contributed by atoms with Crippen LogP contribution in [0.4, 0.5) is 18.9 Å². The summed E-state index contributed by atoms with van der Waals surface area (Å²) in [5, 5.41) is 6.52. The van der Waals surface area contributed by atoms with Crippen molar-refractivity contribution < 1.29 is 32.0 Å². The molecule has 3 aromatic rings. The number of nitrogens with one attached hydrogen (secondary N) is 1. The summed E-state index contributed by atoms with van der Waals surface area (Å²) < 4.78 is 51.0. The molecule has 3 rings (SSSR count). The Morgan fingerprint density at radius 1 is 1.22 bits per heavy atom. The number of methoxy groups -OCH3 is 1. The van der Waals surface area contributed by atoms with Crippen molar-refractivity contribution in [3.05, 3.63) is 66.4 Å². The van der Waals surface area contributed by atoms with Crippen LogP contribution in [-0.2, 0) is 4.74 Å². The third kappa shape index (κ3) is 7.28. The van der Waals surface area contributed by atoms with Gasteiger partial charge in [-0.1, -0.05) is 17.8 Å². The van der Waals surface area contributed by atoms with E-state index in [-0.39, 0.29) is 35.2 Å². The Labute approximate surface area is 201 Å². The second-order valence-electron chi connectivity index (χ2n) is 6.82. The predicted molar refractivity (Wildman–Crippen MR) is 122 cm³/mol. The maximum Gasteiger partial charge on any atom is 0.422 e. The first kappa shape index (κ1) is 25.7. The van der Waals surface area contributed by atoms with Gasteiger partial charge in [-0.25, -0.2) is 9.78 Å². The molecule has 0 radical (unpaired) electrons. The number of aliphatic imine (C=N–C) groups is 2. The highest BCUT2D eigenvalue weighted by Gasteiger charge is 2.28. The van der Waals surface area contributed by atoms with Crippen molar-refractivity contribution >= 4 is 23.5 Å². The van der Waals surface area contributed by atoms with Gasteiger partial charge in [-0.05, 0) is 24.3 Å². The number of ether oxygens (including phenoxy) is 2. The summed E-state index contributed by atoms with van der Waals surface area (Å²) in [5.74, 6) is -1.30. The van der Waals surface area contributed by atoms with Crippen molar-refractivity contribution in [3.8, 4) is 17.3 Å². The van der Waals surface area contributed by atoms with Crippen LogP contribution in [0, 0.1) is 0 Å². The Hall–Kier alpha value is -4.95. The van der Waals surface area contributed by atoms with Gasteiger partial charge in [0.15, 0.2) is 12.4 Å². The summed E-state index contributed by atoms with van der Waals surface area (Å²) in [6.45, 7) is 2.24. The number of alkyl halides is 3. The highest BCUT2D eigenvalue weighted by atomic mass is 19.4. The van der Waals surface area contributed by atoms with Crippen LogP contribution >= 0.6 is 0 Å². The smallest absolute Gasteiger partial charge is 0.422 e. The number of aromatic nitrogens is 3. The zero-order chi connectivity index (χ0) is 26.3. The number of carbonyl (C=O) groups excluding carboxylic acids is 1. The number of guanidine groups is 1. The summed E-state index contributed by atoms with van der Waals surface area (Å²) in [6.07, 6.45) is -3.29. The molecule has 0 saturated heterocycles. The van der Waals surface area contributed by atoms with E-state index < -0.39 is 18.8 Å². The molecule has 188 valence electrons. The number of benzene rings is 1. The quantitative estimate of drug-likeness (QED) is 0.235. The van der Waals surface area contributed by atoms with Crippen molar-refractivity contribution in [2.75, 3.05) is 19.0 Å². The molecule has 5 N–H and O–H groups in total. The van der Waals surface area contributed by atoms with E-state index in [9.17, 15) is 18.0 Å². The Bertz CT molecular complexity index is 1300. The number of hydrogen-bond acceptors (Lipinski definition) is 9. The maximum atomic E-state index is 12.2. The van der Waals surface area contributed by atoms with E-state index in [1.54, 1.807) is 18.2 Å². The number of esters is 1. The second-order valence-corrected chi connectivity index (χ2v) is 6.82. The van der Waals surface area contributed by atoms with Crippen LogP contribution < -0.4 is 21.5 Å². The molecule has 0 atom stereocenters.